The van der Waals surface area contributed by atoms with Crippen molar-refractivity contribution in [3.8, 4) is 0 Å². The minimum atomic E-state index is -2.23. The maximum Gasteiger partial charge on any atom is 0.407 e. The van der Waals surface area contributed by atoms with Gasteiger partial charge in [-0.3, -0.25) is 19.2 Å². The predicted molar refractivity (Wildman–Crippen MR) is 263 cm³/mol. The van der Waals surface area contributed by atoms with Crippen molar-refractivity contribution in [2.45, 2.75) is 128 Å². The number of rotatable bonds is 14. The number of ether oxygens (including phenoxy) is 2. The van der Waals surface area contributed by atoms with Crippen molar-refractivity contribution >= 4 is 74.2 Å². The van der Waals surface area contributed by atoms with Gasteiger partial charge in [0.2, 0.25) is 23.6 Å². The zero-order valence-electron chi connectivity index (χ0n) is 40.2. The highest BCUT2D eigenvalue weighted by Crippen LogP contribution is 2.47. The summed E-state index contributed by atoms with van der Waals surface area (Å²) in [5, 5.41) is 12.9. The van der Waals surface area contributed by atoms with E-state index < -0.39 is 52.1 Å². The van der Waals surface area contributed by atoms with Crippen molar-refractivity contribution in [1.29, 1.82) is 0 Å². The summed E-state index contributed by atoms with van der Waals surface area (Å²) in [4.78, 5) is 84.7. The number of carbonyl (C=O) groups excluding carboxylic acids is 6. The maximum absolute atomic E-state index is 13.8. The van der Waals surface area contributed by atoms with Crippen molar-refractivity contribution in [3.63, 3.8) is 0 Å². The number of nitrogens with one attached hydrogen (secondary N) is 4. The van der Waals surface area contributed by atoms with Gasteiger partial charge < -0.3 is 45.4 Å². The first-order valence-electron chi connectivity index (χ1n) is 23.2. The summed E-state index contributed by atoms with van der Waals surface area (Å²) >= 11 is 0. The summed E-state index contributed by atoms with van der Waals surface area (Å²) in [5.41, 5.74) is 3.86. The molecule has 0 saturated carbocycles. The van der Waals surface area contributed by atoms with E-state index >= 15 is 0 Å². The quantitative estimate of drug-likeness (QED) is 0.122. The molecule has 6 amide bonds. The maximum atomic E-state index is 13.8. The van der Waals surface area contributed by atoms with Crippen LogP contribution in [-0.2, 0) is 28.7 Å². The summed E-state index contributed by atoms with van der Waals surface area (Å²) in [5.74, 6) is -1.28. The van der Waals surface area contributed by atoms with Gasteiger partial charge in [-0.05, 0) is 92.0 Å². The molecule has 0 bridgehead atoms. The lowest BCUT2D eigenvalue weighted by Gasteiger charge is -2.34. The lowest BCUT2D eigenvalue weighted by molar-refractivity contribution is -0.139. The van der Waals surface area contributed by atoms with Gasteiger partial charge in [-0.15, -0.1) is 0 Å². The van der Waals surface area contributed by atoms with E-state index in [1.807, 2.05) is 57.8 Å². The molecule has 4 N–H and O–H groups in total. The first kappa shape index (κ1) is 49.7. The zero-order valence-corrected chi connectivity index (χ0v) is 42.2. The van der Waals surface area contributed by atoms with Crippen molar-refractivity contribution in [3.05, 3.63) is 83.9 Å². The number of hydrogen-bond donors (Lipinski definition) is 4. The Hall–Kier alpha value is -5.69. The number of likely N-dealkylation sites (tertiary alicyclic amines) is 2. The lowest BCUT2D eigenvalue weighted by Crippen LogP contribution is -2.61. The molecule has 66 heavy (non-hydrogen) atoms. The normalized spacial score (nSPS) is 20.7. The fourth-order valence-electron chi connectivity index (χ4n) is 9.46. The fraction of sp³-hybridized carbons (Fsp3) is 0.510. The number of methoxy groups -OCH3 is 2. The molecule has 0 aliphatic carbocycles. The van der Waals surface area contributed by atoms with Crippen LogP contribution in [0.25, 0.3) is 0 Å². The smallest absolute Gasteiger partial charge is 0.407 e. The minimum absolute atomic E-state index is 0.0367. The first-order chi connectivity index (χ1) is 31.2. The van der Waals surface area contributed by atoms with Gasteiger partial charge in [0, 0.05) is 30.2 Å². The Bertz CT molecular complexity index is 2230. The average Bonchev–Trinajstić information content (AvgIpc) is 4.08. The topological polar surface area (TPSA) is 179 Å². The van der Waals surface area contributed by atoms with E-state index in [-0.39, 0.29) is 41.6 Å². The second-order valence-electron chi connectivity index (χ2n) is 20.2. The van der Waals surface area contributed by atoms with Gasteiger partial charge in [-0.2, -0.15) is 0 Å². The van der Waals surface area contributed by atoms with E-state index in [1.54, 1.807) is 9.80 Å². The van der Waals surface area contributed by atoms with Crippen LogP contribution in [0.15, 0.2) is 72.8 Å². The molecule has 0 radical (unpaired) electrons. The van der Waals surface area contributed by atoms with Crippen molar-refractivity contribution < 1.29 is 38.2 Å². The molecule has 3 fully saturated rings. The molecule has 356 valence electrons. The molecule has 6 atom stereocenters. The Morgan fingerprint density at radius 3 is 1.44 bits per heavy atom. The van der Waals surface area contributed by atoms with Crippen LogP contribution in [0.5, 0.6) is 0 Å². The van der Waals surface area contributed by atoms with Gasteiger partial charge in [0.1, 0.15) is 23.8 Å². The number of nitrogens with zero attached hydrogens (tertiary/aromatic N) is 3. The predicted octanol–water partition coefficient (Wildman–Crippen LogP) is 7.16. The monoisotopic (exact) mass is 939 g/mol. The summed E-state index contributed by atoms with van der Waals surface area (Å²) in [7, 11) is -1.26. The second kappa shape index (κ2) is 20.9. The highest BCUT2D eigenvalue weighted by molar-refractivity contribution is 6.88. The molecule has 17 heteroatoms. The van der Waals surface area contributed by atoms with Crippen molar-refractivity contribution in [2.24, 2.45) is 5.92 Å². The second-order valence-corrected chi connectivity index (χ2v) is 30.6. The number of carbonyl (C=O) groups is 6. The van der Waals surface area contributed by atoms with Crippen LogP contribution in [0.1, 0.15) is 75.6 Å². The summed E-state index contributed by atoms with van der Waals surface area (Å²) < 4.78 is 9.56. The van der Waals surface area contributed by atoms with Gasteiger partial charge in [0.15, 0.2) is 0 Å². The fourth-order valence-corrected chi connectivity index (χ4v) is 12.1. The molecular formula is C49H69N7O8Si2. The molecule has 3 saturated heterocycles. The van der Waals surface area contributed by atoms with Crippen LogP contribution in [-0.4, -0.2) is 113 Å². The third kappa shape index (κ3) is 11.5. The first-order valence-corrected chi connectivity index (χ1v) is 30.3. The molecule has 6 rings (SSSR count). The SMILES string of the molecule is COC(=O)N[C@H](C(=O)N1CCC[C@H]1C(=O)Nc1ccc([C@@H]2CC[C@@H](c3ccc(NC(=O)[C@@H]4CCCN4C(=O)[C@@H](NC(=O)OC)[Si](C)(C)C)cc3)N2c2ccc([Si](C)(C)C)cc2)cc1)C(C)C. The van der Waals surface area contributed by atoms with Crippen LogP contribution in [0.2, 0.25) is 39.3 Å². The van der Waals surface area contributed by atoms with Gasteiger partial charge >= 0.3 is 12.2 Å². The summed E-state index contributed by atoms with van der Waals surface area (Å²) in [6.45, 7) is 17.6. The summed E-state index contributed by atoms with van der Waals surface area (Å²) in [6, 6.07) is 22.9. The number of amides is 6. The van der Waals surface area contributed by atoms with Gasteiger partial charge in [0.25, 0.3) is 0 Å². The van der Waals surface area contributed by atoms with E-state index in [0.29, 0.717) is 50.1 Å². The van der Waals surface area contributed by atoms with Crippen LogP contribution in [0.3, 0.4) is 0 Å². The number of alkyl carbamates (subject to hydrolysis) is 2. The Balaban J connectivity index is 1.17. The Morgan fingerprint density at radius 1 is 0.591 bits per heavy atom. The Morgan fingerprint density at radius 2 is 1.03 bits per heavy atom. The number of hydrogen-bond acceptors (Lipinski definition) is 9. The molecule has 3 aliphatic rings. The van der Waals surface area contributed by atoms with Crippen molar-refractivity contribution in [2.75, 3.05) is 42.8 Å². The molecule has 3 aromatic carbocycles. The number of anilines is 3. The van der Waals surface area contributed by atoms with E-state index in [2.05, 4.69) is 94.3 Å². The molecule has 3 aliphatic heterocycles. The minimum Gasteiger partial charge on any atom is -0.453 e. The highest BCUT2D eigenvalue weighted by Gasteiger charge is 2.44. The lowest BCUT2D eigenvalue weighted by atomic mass is 10.0. The van der Waals surface area contributed by atoms with E-state index in [4.69, 9.17) is 9.47 Å². The molecule has 3 heterocycles. The Labute approximate surface area is 391 Å². The van der Waals surface area contributed by atoms with Crippen molar-refractivity contribution in [1.82, 2.24) is 20.4 Å². The zero-order chi connectivity index (χ0) is 48.1. The van der Waals surface area contributed by atoms with E-state index in [9.17, 15) is 28.8 Å². The van der Waals surface area contributed by atoms with E-state index in [1.165, 1.54) is 19.4 Å². The summed E-state index contributed by atoms with van der Waals surface area (Å²) in [6.07, 6.45) is 2.84. The molecule has 3 aromatic rings. The highest BCUT2D eigenvalue weighted by atomic mass is 28.3. The standard InChI is InChI=1S/C49H69N7O8Si2/c1-31(2)42(52-48(61)63-3)46(59)54-29-11-13-40(54)43(57)50-34-19-15-32(16-20-34)38-27-28-39(56(38)36-23-25-37(26-24-36)65(5,6)7)33-17-21-35(22-18-33)51-44(58)41-14-12-30-55(41)47(60)45(66(8,9)10)53-49(62)64-4/h15-26,31,38-42,45H,11-14,27-30H2,1-10H3,(H,50,57)(H,51,58)(H,52,61)(H,53,62)/t38-,39-,40-,41-,42-,45-/m0/s1. The van der Waals surface area contributed by atoms with Gasteiger partial charge in [0.05, 0.1) is 42.5 Å². The van der Waals surface area contributed by atoms with Crippen LogP contribution < -0.4 is 31.4 Å². The van der Waals surface area contributed by atoms with Crippen LogP contribution in [0, 0.1) is 5.92 Å². The molecular weight excluding hydrogens is 871 g/mol. The van der Waals surface area contributed by atoms with Crippen LogP contribution >= 0.6 is 0 Å². The van der Waals surface area contributed by atoms with E-state index in [0.717, 1.165) is 29.7 Å². The van der Waals surface area contributed by atoms with Gasteiger partial charge in [-0.1, -0.05) is 94.7 Å². The third-order valence-electron chi connectivity index (χ3n) is 13.2. The average molecular weight is 940 g/mol. The number of benzene rings is 3. The molecule has 15 nitrogen and oxygen atoms in total. The Kier molecular flexibility index (Phi) is 15.7. The molecule has 0 spiro atoms. The molecule has 0 aromatic heterocycles. The molecule has 0 unspecified atom stereocenters. The van der Waals surface area contributed by atoms with Crippen LogP contribution in [0.4, 0.5) is 26.7 Å². The van der Waals surface area contributed by atoms with Gasteiger partial charge in [-0.25, -0.2) is 9.59 Å². The largest absolute Gasteiger partial charge is 0.453 e. The third-order valence-corrected chi connectivity index (χ3v) is 17.4.